The lowest BCUT2D eigenvalue weighted by Crippen LogP contribution is -2.19. The van der Waals surface area contributed by atoms with Crippen molar-refractivity contribution in [2.24, 2.45) is 0 Å². The molecule has 1 aromatic carbocycles. The smallest absolute Gasteiger partial charge is 0.351 e. The van der Waals surface area contributed by atoms with Gasteiger partial charge in [-0.15, -0.1) is 0 Å². The molecule has 0 aliphatic rings. The van der Waals surface area contributed by atoms with Crippen molar-refractivity contribution in [3.8, 4) is 0 Å². The van der Waals surface area contributed by atoms with Crippen LogP contribution in [0.1, 0.15) is 0 Å². The van der Waals surface area contributed by atoms with Crippen molar-refractivity contribution in [1.29, 1.82) is 0 Å². The zero-order chi connectivity index (χ0) is 15.5. The number of rotatable bonds is 4. The average molecular weight is 305 g/mol. The van der Waals surface area contributed by atoms with Crippen LogP contribution in [-0.2, 0) is 19.4 Å². The molecule has 8 heteroatoms. The normalized spacial score (nSPS) is 12.2. The molecule has 0 aromatic heterocycles. The third kappa shape index (κ3) is 3.32. The lowest BCUT2D eigenvalue weighted by Gasteiger charge is -2.12. The summed E-state index contributed by atoms with van der Waals surface area (Å²) >= 11 is 0. The first kappa shape index (κ1) is 16.1. The Morgan fingerprint density at radius 2 is 1.90 bits per heavy atom. The van der Waals surface area contributed by atoms with Gasteiger partial charge in [-0.2, -0.15) is 0 Å². The summed E-state index contributed by atoms with van der Waals surface area (Å²) in [7, 11) is -0.596. The Morgan fingerprint density at radius 1 is 1.30 bits per heavy atom. The molecule has 0 atom stereocenters. The summed E-state index contributed by atoms with van der Waals surface area (Å²) in [6.45, 7) is 0. The second-order valence-corrected chi connectivity index (χ2v) is 5.91. The van der Waals surface area contributed by atoms with Crippen molar-refractivity contribution < 1.29 is 26.7 Å². The minimum Gasteiger partial charge on any atom is -0.465 e. The van der Waals surface area contributed by atoms with E-state index in [1.54, 1.807) is 0 Å². The van der Waals surface area contributed by atoms with Gasteiger partial charge in [0, 0.05) is 20.3 Å². The van der Waals surface area contributed by atoms with Gasteiger partial charge in [0.2, 0.25) is 9.84 Å². The fourth-order valence-electron chi connectivity index (χ4n) is 1.37. The average Bonchev–Trinajstić information content (AvgIpc) is 2.37. The Labute approximate surface area is 115 Å². The van der Waals surface area contributed by atoms with Gasteiger partial charge in [0.1, 0.15) is 16.5 Å². The van der Waals surface area contributed by atoms with E-state index in [9.17, 15) is 22.0 Å². The summed E-state index contributed by atoms with van der Waals surface area (Å²) in [6, 6.07) is 1.96. The van der Waals surface area contributed by atoms with Gasteiger partial charge < -0.3 is 9.64 Å². The van der Waals surface area contributed by atoms with Crippen LogP contribution in [0.2, 0.25) is 0 Å². The third-order valence-corrected chi connectivity index (χ3v) is 3.98. The second-order valence-electron chi connectivity index (χ2n) is 4.03. The highest BCUT2D eigenvalue weighted by molar-refractivity contribution is 7.96. The van der Waals surface area contributed by atoms with Crippen LogP contribution in [-0.4, -0.2) is 40.5 Å². The maximum Gasteiger partial charge on any atom is 0.351 e. The van der Waals surface area contributed by atoms with Crippen LogP contribution in [0.5, 0.6) is 0 Å². The molecule has 20 heavy (non-hydrogen) atoms. The van der Waals surface area contributed by atoms with E-state index >= 15 is 0 Å². The van der Waals surface area contributed by atoms with E-state index in [1.165, 1.54) is 19.0 Å². The lowest BCUT2D eigenvalue weighted by molar-refractivity contribution is -0.135. The molecule has 0 heterocycles. The van der Waals surface area contributed by atoms with Gasteiger partial charge in [-0.3, -0.25) is 0 Å². The first-order chi connectivity index (χ1) is 9.20. The SMILES string of the molecule is COC(=O)/C(=C/N(C)C)S(=O)(=O)c1cc(F)ccc1F. The van der Waals surface area contributed by atoms with Crippen molar-refractivity contribution in [2.75, 3.05) is 21.2 Å². The molecule has 1 rings (SSSR count). The largest absolute Gasteiger partial charge is 0.465 e. The molecule has 0 saturated heterocycles. The van der Waals surface area contributed by atoms with E-state index in [2.05, 4.69) is 4.74 Å². The monoisotopic (exact) mass is 305 g/mol. The maximum atomic E-state index is 13.6. The molecule has 0 unspecified atom stereocenters. The van der Waals surface area contributed by atoms with E-state index in [-0.39, 0.29) is 0 Å². The Hall–Kier alpha value is -1.96. The third-order valence-electron chi connectivity index (χ3n) is 2.23. The van der Waals surface area contributed by atoms with E-state index < -0.39 is 37.2 Å². The highest BCUT2D eigenvalue weighted by Crippen LogP contribution is 2.24. The zero-order valence-electron chi connectivity index (χ0n) is 11.1. The number of benzene rings is 1. The molecule has 0 aliphatic heterocycles. The standard InChI is InChI=1S/C12H13F2NO4S/c1-15(2)7-11(12(16)19-3)20(17,18)10-6-8(13)4-5-9(10)14/h4-7H,1-3H3/b11-7-. The summed E-state index contributed by atoms with van der Waals surface area (Å²) in [5, 5.41) is 0. The zero-order valence-corrected chi connectivity index (χ0v) is 11.9. The number of carbonyl (C=O) groups excluding carboxylic acids is 1. The molecule has 0 bridgehead atoms. The van der Waals surface area contributed by atoms with Gasteiger partial charge in [-0.05, 0) is 18.2 Å². The molecular weight excluding hydrogens is 292 g/mol. The van der Waals surface area contributed by atoms with Crippen LogP contribution in [0.25, 0.3) is 0 Å². The quantitative estimate of drug-likeness (QED) is 0.620. The number of methoxy groups -OCH3 is 1. The maximum absolute atomic E-state index is 13.6. The van der Waals surface area contributed by atoms with Crippen LogP contribution in [0.15, 0.2) is 34.2 Å². The first-order valence-corrected chi connectivity index (χ1v) is 6.85. The summed E-state index contributed by atoms with van der Waals surface area (Å²) in [6.07, 6.45) is 0.964. The van der Waals surface area contributed by atoms with Gasteiger partial charge >= 0.3 is 5.97 Å². The number of ether oxygens (including phenoxy) is 1. The van der Waals surface area contributed by atoms with Crippen LogP contribution in [0.4, 0.5) is 8.78 Å². The number of sulfone groups is 1. The van der Waals surface area contributed by atoms with Gasteiger partial charge in [0.15, 0.2) is 4.91 Å². The molecule has 0 fully saturated rings. The molecule has 0 radical (unpaired) electrons. The van der Waals surface area contributed by atoms with Gasteiger partial charge in [-0.25, -0.2) is 22.0 Å². The molecule has 0 spiro atoms. The number of esters is 1. The number of hydrogen-bond acceptors (Lipinski definition) is 5. The van der Waals surface area contributed by atoms with E-state index in [0.717, 1.165) is 19.4 Å². The first-order valence-electron chi connectivity index (χ1n) is 5.37. The van der Waals surface area contributed by atoms with Crippen molar-refractivity contribution in [3.05, 3.63) is 40.9 Å². The van der Waals surface area contributed by atoms with Crippen LogP contribution < -0.4 is 0 Å². The van der Waals surface area contributed by atoms with Crippen LogP contribution in [0, 0.1) is 11.6 Å². The van der Waals surface area contributed by atoms with E-state index in [0.29, 0.717) is 12.1 Å². The molecule has 1 aromatic rings. The molecule has 5 nitrogen and oxygen atoms in total. The van der Waals surface area contributed by atoms with Crippen molar-refractivity contribution in [2.45, 2.75) is 4.90 Å². The summed E-state index contributed by atoms with van der Waals surface area (Å²) in [5.41, 5.74) is 0. The topological polar surface area (TPSA) is 63.7 Å². The summed E-state index contributed by atoms with van der Waals surface area (Å²) in [4.78, 5) is 11.1. The summed E-state index contributed by atoms with van der Waals surface area (Å²) < 4.78 is 55.5. The minimum absolute atomic E-state index is 0.511. The Kier molecular flexibility index (Phi) is 4.83. The molecular formula is C12H13F2NO4S. The highest BCUT2D eigenvalue weighted by Gasteiger charge is 2.31. The van der Waals surface area contributed by atoms with Crippen molar-refractivity contribution >= 4 is 15.8 Å². The molecule has 0 saturated carbocycles. The molecule has 0 amide bonds. The number of nitrogens with zero attached hydrogens (tertiary/aromatic N) is 1. The van der Waals surface area contributed by atoms with Crippen LogP contribution >= 0.6 is 0 Å². The molecule has 0 aliphatic carbocycles. The van der Waals surface area contributed by atoms with E-state index in [4.69, 9.17) is 0 Å². The Morgan fingerprint density at radius 3 is 2.40 bits per heavy atom. The summed E-state index contributed by atoms with van der Waals surface area (Å²) in [5.74, 6) is -3.25. The van der Waals surface area contributed by atoms with Gasteiger partial charge in [-0.1, -0.05) is 0 Å². The van der Waals surface area contributed by atoms with Crippen molar-refractivity contribution in [3.63, 3.8) is 0 Å². The Balaban J connectivity index is 3.53. The predicted molar refractivity (Wildman–Crippen MR) is 67.3 cm³/mol. The molecule has 0 N–H and O–H groups in total. The fraction of sp³-hybridized carbons (Fsp3) is 0.250. The number of carbonyl (C=O) groups is 1. The molecule has 110 valence electrons. The predicted octanol–water partition coefficient (Wildman–Crippen LogP) is 1.31. The van der Waals surface area contributed by atoms with Crippen molar-refractivity contribution in [1.82, 2.24) is 4.90 Å². The van der Waals surface area contributed by atoms with Gasteiger partial charge in [0.25, 0.3) is 0 Å². The second kappa shape index (κ2) is 6.00. The lowest BCUT2D eigenvalue weighted by atomic mass is 10.3. The minimum atomic E-state index is -4.53. The fourth-order valence-corrected chi connectivity index (χ4v) is 2.85. The highest BCUT2D eigenvalue weighted by atomic mass is 32.2. The number of halogens is 2. The van der Waals surface area contributed by atoms with Gasteiger partial charge in [0.05, 0.1) is 7.11 Å². The van der Waals surface area contributed by atoms with Crippen LogP contribution in [0.3, 0.4) is 0 Å². The van der Waals surface area contributed by atoms with E-state index in [1.807, 2.05) is 0 Å². The number of hydrogen-bond donors (Lipinski definition) is 0. The Bertz CT molecular complexity index is 653.